The van der Waals surface area contributed by atoms with Crippen molar-refractivity contribution >= 4 is 17.5 Å². The zero-order valence-electron chi connectivity index (χ0n) is 18.9. The molecule has 14 heteroatoms. The highest BCUT2D eigenvalue weighted by Gasteiger charge is 2.66. The number of rotatable bonds is 6. The lowest BCUT2D eigenvalue weighted by molar-refractivity contribution is -0.272. The van der Waals surface area contributed by atoms with Crippen LogP contribution in [0.2, 0.25) is 0 Å². The molecule has 2 aromatic rings. The van der Waals surface area contributed by atoms with Gasteiger partial charge in [0.05, 0.1) is 0 Å². The Bertz CT molecular complexity index is 1160. The molecular weight excluding hydrogens is 503 g/mol. The summed E-state index contributed by atoms with van der Waals surface area (Å²) < 4.78 is 105. The van der Waals surface area contributed by atoms with E-state index in [-0.39, 0.29) is 11.4 Å². The molecule has 2 heterocycles. The van der Waals surface area contributed by atoms with Gasteiger partial charge in [0.1, 0.15) is 11.8 Å². The molecule has 2 N–H and O–H groups in total. The van der Waals surface area contributed by atoms with Gasteiger partial charge in [-0.3, -0.25) is 14.6 Å². The molecule has 0 spiro atoms. The molecule has 0 bridgehead atoms. The van der Waals surface area contributed by atoms with Crippen molar-refractivity contribution in [3.63, 3.8) is 0 Å². The lowest BCUT2D eigenvalue weighted by Gasteiger charge is -2.32. The molecule has 2 amide bonds. The maximum absolute atomic E-state index is 14.4. The molecule has 1 saturated heterocycles. The van der Waals surface area contributed by atoms with Crippen molar-refractivity contribution in [1.29, 1.82) is 0 Å². The number of hydrogen-bond donors (Lipinski definition) is 2. The average Bonchev–Trinajstić information content (AvgIpc) is 3.08. The van der Waals surface area contributed by atoms with Gasteiger partial charge in [0, 0.05) is 36.3 Å². The van der Waals surface area contributed by atoms with Crippen LogP contribution in [0.5, 0.6) is 5.75 Å². The van der Waals surface area contributed by atoms with Crippen LogP contribution >= 0.6 is 0 Å². The maximum atomic E-state index is 14.4. The highest BCUT2D eigenvalue weighted by atomic mass is 19.4. The Morgan fingerprint density at radius 2 is 1.86 bits per heavy atom. The molecule has 3 rings (SSSR count). The van der Waals surface area contributed by atoms with Gasteiger partial charge in [-0.25, -0.2) is 4.39 Å². The SMILES string of the molecule is CNC(=O)c1cc(NC(=O)[C@H]2O[C@](C)(C(F)(F)F)[C@H](C)[C@@H]2c2ccc(F)c(F)c2OC(F)F)ccn1. The Labute approximate surface area is 200 Å². The minimum Gasteiger partial charge on any atom is -0.431 e. The number of nitrogens with zero attached hydrogens (tertiary/aromatic N) is 1. The summed E-state index contributed by atoms with van der Waals surface area (Å²) in [6, 6.07) is 3.66. The molecule has 1 aliphatic rings. The van der Waals surface area contributed by atoms with Gasteiger partial charge in [-0.1, -0.05) is 13.0 Å². The number of aromatic nitrogens is 1. The fraction of sp³-hybridized carbons (Fsp3) is 0.409. The van der Waals surface area contributed by atoms with Crippen LogP contribution < -0.4 is 15.4 Å². The Morgan fingerprint density at radius 3 is 2.44 bits per heavy atom. The predicted molar refractivity (Wildman–Crippen MR) is 110 cm³/mol. The Balaban J connectivity index is 2.09. The van der Waals surface area contributed by atoms with E-state index in [1.807, 2.05) is 0 Å². The van der Waals surface area contributed by atoms with E-state index >= 15 is 0 Å². The van der Waals surface area contributed by atoms with Crippen LogP contribution in [-0.2, 0) is 9.53 Å². The van der Waals surface area contributed by atoms with Gasteiger partial charge in [0.2, 0.25) is 5.82 Å². The number of halogens is 7. The lowest BCUT2D eigenvalue weighted by atomic mass is 9.77. The van der Waals surface area contributed by atoms with Crippen LogP contribution in [0.1, 0.15) is 35.8 Å². The van der Waals surface area contributed by atoms with Gasteiger partial charge in [-0.15, -0.1) is 0 Å². The first-order chi connectivity index (χ1) is 16.7. The van der Waals surface area contributed by atoms with Crippen LogP contribution in [0.3, 0.4) is 0 Å². The van der Waals surface area contributed by atoms with Crippen molar-refractivity contribution < 1.29 is 49.8 Å². The van der Waals surface area contributed by atoms with E-state index in [1.165, 1.54) is 13.1 Å². The summed E-state index contributed by atoms with van der Waals surface area (Å²) >= 11 is 0. The van der Waals surface area contributed by atoms with Crippen molar-refractivity contribution in [2.75, 3.05) is 12.4 Å². The first kappa shape index (κ1) is 27.2. The van der Waals surface area contributed by atoms with Crippen LogP contribution in [0.15, 0.2) is 30.5 Å². The third kappa shape index (κ3) is 4.94. The smallest absolute Gasteiger partial charge is 0.417 e. The second kappa shape index (κ2) is 9.91. The number of hydrogen-bond acceptors (Lipinski definition) is 5. The molecule has 1 aromatic heterocycles. The summed E-state index contributed by atoms with van der Waals surface area (Å²) in [4.78, 5) is 28.7. The molecule has 1 aliphatic heterocycles. The Hall–Kier alpha value is -3.42. The number of pyridine rings is 1. The largest absolute Gasteiger partial charge is 0.431 e. The molecule has 1 fully saturated rings. The second-order valence-corrected chi connectivity index (χ2v) is 8.11. The van der Waals surface area contributed by atoms with Crippen LogP contribution in [-0.4, -0.2) is 48.3 Å². The number of amides is 2. The molecule has 0 saturated carbocycles. The summed E-state index contributed by atoms with van der Waals surface area (Å²) in [5.41, 5.74) is -3.76. The minimum absolute atomic E-state index is 0.0430. The molecule has 36 heavy (non-hydrogen) atoms. The monoisotopic (exact) mass is 523 g/mol. The van der Waals surface area contributed by atoms with Crippen LogP contribution in [0, 0.1) is 17.6 Å². The molecular formula is C22H20F7N3O4. The number of carbonyl (C=O) groups excluding carboxylic acids is 2. The Kier molecular flexibility index (Phi) is 7.48. The molecule has 196 valence electrons. The van der Waals surface area contributed by atoms with E-state index in [2.05, 4.69) is 20.4 Å². The number of anilines is 1. The number of benzene rings is 1. The lowest BCUT2D eigenvalue weighted by Crippen LogP contribution is -2.47. The highest BCUT2D eigenvalue weighted by molar-refractivity contribution is 5.97. The normalized spacial score (nSPS) is 24.0. The first-order valence-corrected chi connectivity index (χ1v) is 10.4. The van der Waals surface area contributed by atoms with Crippen molar-refractivity contribution in [1.82, 2.24) is 10.3 Å². The minimum atomic E-state index is -5.04. The van der Waals surface area contributed by atoms with Gasteiger partial charge >= 0.3 is 12.8 Å². The summed E-state index contributed by atoms with van der Waals surface area (Å²) in [5, 5.41) is 4.60. The zero-order valence-corrected chi connectivity index (χ0v) is 18.9. The highest BCUT2D eigenvalue weighted by Crippen LogP contribution is 2.55. The van der Waals surface area contributed by atoms with Crippen LogP contribution in [0.4, 0.5) is 36.4 Å². The third-order valence-corrected chi connectivity index (χ3v) is 6.06. The molecule has 0 unspecified atom stereocenters. The van der Waals surface area contributed by atoms with Crippen molar-refractivity contribution in [3.8, 4) is 5.75 Å². The fourth-order valence-corrected chi connectivity index (χ4v) is 4.02. The number of ether oxygens (including phenoxy) is 2. The second-order valence-electron chi connectivity index (χ2n) is 8.11. The molecule has 0 aliphatic carbocycles. The van der Waals surface area contributed by atoms with Gasteiger partial charge in [-0.05, 0) is 25.1 Å². The van der Waals surface area contributed by atoms with Crippen molar-refractivity contribution in [2.24, 2.45) is 5.92 Å². The van der Waals surface area contributed by atoms with E-state index in [9.17, 15) is 40.3 Å². The van der Waals surface area contributed by atoms with Gasteiger partial charge in [0.25, 0.3) is 11.8 Å². The van der Waals surface area contributed by atoms with Gasteiger partial charge in [-0.2, -0.15) is 26.3 Å². The van der Waals surface area contributed by atoms with E-state index < -0.39 is 71.1 Å². The van der Waals surface area contributed by atoms with E-state index in [0.717, 1.165) is 25.3 Å². The quantitative estimate of drug-likeness (QED) is 0.548. The maximum Gasteiger partial charge on any atom is 0.417 e. The number of carbonyl (C=O) groups is 2. The van der Waals surface area contributed by atoms with Gasteiger partial charge in [0.15, 0.2) is 17.2 Å². The van der Waals surface area contributed by atoms with Crippen LogP contribution in [0.25, 0.3) is 0 Å². The zero-order chi connectivity index (χ0) is 27.0. The van der Waals surface area contributed by atoms with Crippen molar-refractivity contribution in [3.05, 3.63) is 53.4 Å². The first-order valence-electron chi connectivity index (χ1n) is 10.4. The van der Waals surface area contributed by atoms with Crippen molar-refractivity contribution in [2.45, 2.75) is 44.3 Å². The molecule has 4 atom stereocenters. The molecule has 0 radical (unpaired) electrons. The van der Waals surface area contributed by atoms with E-state index in [4.69, 9.17) is 4.74 Å². The number of nitrogens with one attached hydrogen (secondary N) is 2. The Morgan fingerprint density at radius 1 is 1.19 bits per heavy atom. The molecule has 7 nitrogen and oxygen atoms in total. The van der Waals surface area contributed by atoms with Gasteiger partial charge < -0.3 is 20.1 Å². The summed E-state index contributed by atoms with van der Waals surface area (Å²) in [5.74, 6) is -9.89. The van der Waals surface area contributed by atoms with E-state index in [0.29, 0.717) is 13.0 Å². The summed E-state index contributed by atoms with van der Waals surface area (Å²) in [6.07, 6.45) is -5.89. The number of alkyl halides is 5. The van der Waals surface area contributed by atoms with E-state index in [1.54, 1.807) is 0 Å². The fourth-order valence-electron chi connectivity index (χ4n) is 4.02. The topological polar surface area (TPSA) is 89.6 Å². The summed E-state index contributed by atoms with van der Waals surface area (Å²) in [6.45, 7) is -1.95. The summed E-state index contributed by atoms with van der Waals surface area (Å²) in [7, 11) is 1.33. The third-order valence-electron chi connectivity index (χ3n) is 6.06. The standard InChI is InChI=1S/C22H20F7N3O4/c1-9-14(11-4-5-12(23)15(24)16(11)35-20(25)26)17(36-21(9,2)22(27,28)29)19(34)32-10-6-7-31-13(8-10)18(33)30-3/h4-9,14,17,20H,1-3H3,(H,30,33)(H,31,32,34)/t9-,14-,17+,21+/m1/s1. The average molecular weight is 523 g/mol. The molecule has 1 aromatic carbocycles. The predicted octanol–water partition coefficient (Wildman–Crippen LogP) is 4.40.